The SMILES string of the molecule is C[n+]1cc(-c2ccc(OC[C@H](O/N=C(\C(=O)NC3C(=O)N(OS(=O)(=O)O)C3(C)C)c3csc(N)n3)c3nn[nH]n3)cc2)cn1CCCNC(=O)OC(C)(C)C. The molecule has 24 heteroatoms. The van der Waals surface area contributed by atoms with Gasteiger partial charge in [-0.25, -0.2) is 9.78 Å². The lowest BCUT2D eigenvalue weighted by Crippen LogP contribution is -2.76. The summed E-state index contributed by atoms with van der Waals surface area (Å²) in [6, 6.07) is 6.00. The van der Waals surface area contributed by atoms with Gasteiger partial charge in [0.25, 0.3) is 11.8 Å². The first-order valence-electron chi connectivity index (χ1n) is 16.6. The Labute approximate surface area is 318 Å². The maximum absolute atomic E-state index is 13.5. The van der Waals surface area contributed by atoms with Crippen LogP contribution in [0.1, 0.15) is 58.7 Å². The number of nitrogens with one attached hydrogen (secondary N) is 3. The summed E-state index contributed by atoms with van der Waals surface area (Å²) in [5, 5.41) is 25.0. The number of H-pyrrole nitrogens is 1. The van der Waals surface area contributed by atoms with Crippen molar-refractivity contribution >= 4 is 50.5 Å². The number of anilines is 1. The highest BCUT2D eigenvalue weighted by Crippen LogP contribution is 2.33. The third-order valence-electron chi connectivity index (χ3n) is 7.86. The standard InChI is InChI=1S/C31H40N12O10S2/c1-30(2,3)51-29(46)33-12-7-13-42-15-19(14-41(42)6)18-8-10-20(11-9-18)50-16-22(25-36-39-40-37-25)52-38-23(21-17-54-28(32)34-21)26(44)35-24-27(45)43(31(24,4)5)53-55(47,48)49/h8-11,14-15,17,22,24H,7,12-13,16H2,1-6H3,(H5-,32,33,34,35,36,37,39,40,44,46,47,48,49)/p+1/b38-23-/t22-,24?/m0/s1. The van der Waals surface area contributed by atoms with Crippen molar-refractivity contribution in [1.82, 2.24) is 46.0 Å². The Bertz CT molecular complexity index is 2130. The number of nitrogens with zero attached hydrogens (tertiary/aromatic N) is 8. The summed E-state index contributed by atoms with van der Waals surface area (Å²) >= 11 is 1.02. The second-order valence-electron chi connectivity index (χ2n) is 13.6. The van der Waals surface area contributed by atoms with Crippen LogP contribution in [0.15, 0.2) is 47.2 Å². The van der Waals surface area contributed by atoms with E-state index in [1.165, 1.54) is 19.2 Å². The number of ether oxygens (including phenoxy) is 2. The Morgan fingerprint density at radius 2 is 1.95 bits per heavy atom. The van der Waals surface area contributed by atoms with Gasteiger partial charge in [-0.1, -0.05) is 22.5 Å². The summed E-state index contributed by atoms with van der Waals surface area (Å²) in [5.41, 5.74) is 5.34. The van der Waals surface area contributed by atoms with E-state index in [1.807, 2.05) is 61.7 Å². The number of aromatic amines is 1. The molecule has 55 heavy (non-hydrogen) atoms. The number of hydroxylamine groups is 2. The predicted octanol–water partition coefficient (Wildman–Crippen LogP) is 0.827. The molecule has 3 amide bonds. The maximum atomic E-state index is 13.5. The van der Waals surface area contributed by atoms with Gasteiger partial charge in [-0.3, -0.25) is 14.1 Å². The number of thiazole rings is 1. The number of hydrogen-bond donors (Lipinski definition) is 5. The van der Waals surface area contributed by atoms with Crippen molar-refractivity contribution in [1.29, 1.82) is 0 Å². The van der Waals surface area contributed by atoms with Crippen LogP contribution in [0.3, 0.4) is 0 Å². The van der Waals surface area contributed by atoms with Crippen molar-refractivity contribution in [3.05, 3.63) is 53.6 Å². The number of hydrogen-bond acceptors (Lipinski definition) is 16. The Morgan fingerprint density at radius 3 is 2.55 bits per heavy atom. The molecular formula is C31H41N12O10S2+. The highest BCUT2D eigenvalue weighted by Gasteiger charge is 2.58. The number of aromatic nitrogens is 7. The van der Waals surface area contributed by atoms with Crippen molar-refractivity contribution in [3.63, 3.8) is 0 Å². The average molecular weight is 806 g/mol. The van der Waals surface area contributed by atoms with Gasteiger partial charge in [0.1, 0.15) is 29.7 Å². The first kappa shape index (κ1) is 40.5. The molecule has 0 aliphatic carbocycles. The van der Waals surface area contributed by atoms with Gasteiger partial charge in [0.2, 0.25) is 18.1 Å². The maximum Gasteiger partial charge on any atom is 0.418 e. The predicted molar refractivity (Wildman–Crippen MR) is 192 cm³/mol. The molecule has 0 spiro atoms. The van der Waals surface area contributed by atoms with Gasteiger partial charge in [0.15, 0.2) is 17.9 Å². The molecule has 4 heterocycles. The van der Waals surface area contributed by atoms with Crippen molar-refractivity contribution in [2.45, 2.75) is 70.9 Å². The minimum Gasteiger partial charge on any atom is -0.489 e. The van der Waals surface area contributed by atoms with E-state index in [-0.39, 0.29) is 29.0 Å². The van der Waals surface area contributed by atoms with Crippen LogP contribution in [0.5, 0.6) is 5.75 Å². The molecule has 22 nitrogen and oxygen atoms in total. The molecule has 4 aromatic rings. The van der Waals surface area contributed by atoms with Gasteiger partial charge in [0.05, 0.1) is 23.8 Å². The highest BCUT2D eigenvalue weighted by atomic mass is 32.3. The number of alkyl carbamates (subject to hydrolysis) is 1. The average Bonchev–Trinajstić information content (AvgIpc) is 3.87. The smallest absolute Gasteiger partial charge is 0.418 e. The summed E-state index contributed by atoms with van der Waals surface area (Å²) in [6.07, 6.45) is 3.11. The van der Waals surface area contributed by atoms with E-state index in [2.05, 4.69) is 45.7 Å². The second kappa shape index (κ2) is 16.3. The van der Waals surface area contributed by atoms with Crippen LogP contribution >= 0.6 is 11.3 Å². The van der Waals surface area contributed by atoms with Gasteiger partial charge in [-0.2, -0.15) is 23.4 Å². The van der Waals surface area contributed by atoms with Gasteiger partial charge < -0.3 is 30.7 Å². The number of carbonyl (C=O) groups is 3. The van der Waals surface area contributed by atoms with Crippen LogP contribution in [0.4, 0.5) is 9.93 Å². The van der Waals surface area contributed by atoms with Crippen LogP contribution in [0, 0.1) is 0 Å². The monoisotopic (exact) mass is 805 g/mol. The Balaban J connectivity index is 1.23. The summed E-state index contributed by atoms with van der Waals surface area (Å²) in [4.78, 5) is 47.9. The number of rotatable bonds is 16. The minimum atomic E-state index is -5.01. The van der Waals surface area contributed by atoms with E-state index in [9.17, 15) is 22.8 Å². The molecule has 1 aromatic carbocycles. The van der Waals surface area contributed by atoms with Crippen molar-refractivity contribution in [2.75, 3.05) is 18.9 Å². The largest absolute Gasteiger partial charge is 0.489 e. The normalized spacial score (nSPS) is 16.3. The van der Waals surface area contributed by atoms with Crippen molar-refractivity contribution in [2.24, 2.45) is 12.2 Å². The third-order valence-corrected chi connectivity index (χ3v) is 8.87. The molecular weight excluding hydrogens is 765 g/mol. The zero-order valence-electron chi connectivity index (χ0n) is 30.6. The number of β-lactam (4-membered cyclic amide) rings is 1. The molecule has 296 valence electrons. The molecule has 3 aromatic heterocycles. The zero-order chi connectivity index (χ0) is 40.1. The van der Waals surface area contributed by atoms with E-state index in [4.69, 9.17) is 24.6 Å². The minimum absolute atomic E-state index is 0.0127. The van der Waals surface area contributed by atoms with Crippen LogP contribution in [0.2, 0.25) is 0 Å². The molecule has 5 rings (SSSR count). The molecule has 6 N–H and O–H groups in total. The highest BCUT2D eigenvalue weighted by molar-refractivity contribution is 7.80. The number of benzene rings is 1. The Kier molecular flexibility index (Phi) is 12.0. The van der Waals surface area contributed by atoms with Crippen LogP contribution in [-0.4, -0.2) is 102 Å². The van der Waals surface area contributed by atoms with Crippen LogP contribution in [-0.2, 0) is 47.4 Å². The molecule has 0 radical (unpaired) electrons. The number of aryl methyl sites for hydroxylation is 2. The van der Waals surface area contributed by atoms with Crippen LogP contribution in [0.25, 0.3) is 11.1 Å². The van der Waals surface area contributed by atoms with E-state index in [0.717, 1.165) is 22.5 Å². The molecule has 1 saturated heterocycles. The summed E-state index contributed by atoms with van der Waals surface area (Å²) in [5.74, 6) is -1.36. The number of tetrazole rings is 1. The molecule has 2 atom stereocenters. The fraction of sp³-hybridized carbons (Fsp3) is 0.452. The fourth-order valence-electron chi connectivity index (χ4n) is 5.19. The number of amides is 3. The summed E-state index contributed by atoms with van der Waals surface area (Å²) in [6.45, 7) is 9.17. The molecule has 0 saturated carbocycles. The lowest BCUT2D eigenvalue weighted by molar-refractivity contribution is -0.753. The molecule has 1 aliphatic heterocycles. The fourth-order valence-corrected chi connectivity index (χ4v) is 6.19. The number of nitrogen functional groups attached to an aromatic ring is 1. The molecule has 1 fully saturated rings. The number of oxime groups is 1. The Hall–Kier alpha value is -5.72. The zero-order valence-corrected chi connectivity index (χ0v) is 32.3. The third kappa shape index (κ3) is 10.5. The lowest BCUT2D eigenvalue weighted by atomic mass is 9.84. The van der Waals surface area contributed by atoms with Gasteiger partial charge >= 0.3 is 16.5 Å². The number of nitrogens with two attached hydrogens (primary N) is 1. The lowest BCUT2D eigenvalue weighted by Gasteiger charge is -2.50. The molecule has 1 aliphatic rings. The van der Waals surface area contributed by atoms with Gasteiger partial charge in [0, 0.05) is 11.9 Å². The topological polar surface area (TPSA) is 284 Å². The second-order valence-corrected chi connectivity index (χ2v) is 15.5. The first-order chi connectivity index (χ1) is 25.8. The van der Waals surface area contributed by atoms with Gasteiger partial charge in [-0.05, 0) is 58.7 Å². The van der Waals surface area contributed by atoms with E-state index in [1.54, 1.807) is 12.1 Å². The molecule has 0 bridgehead atoms. The van der Waals surface area contributed by atoms with Gasteiger partial charge in [-0.15, -0.1) is 30.5 Å². The molecule has 1 unspecified atom stereocenters. The summed E-state index contributed by atoms with van der Waals surface area (Å²) < 4.78 is 51.0. The van der Waals surface area contributed by atoms with E-state index >= 15 is 0 Å². The number of carbonyl (C=O) groups excluding carboxylic acids is 3. The van der Waals surface area contributed by atoms with E-state index in [0.29, 0.717) is 30.3 Å². The van der Waals surface area contributed by atoms with E-state index < -0.39 is 51.6 Å². The first-order valence-corrected chi connectivity index (χ1v) is 18.8. The van der Waals surface area contributed by atoms with Crippen molar-refractivity contribution in [3.8, 4) is 16.9 Å². The van der Waals surface area contributed by atoms with Crippen molar-refractivity contribution < 1.29 is 50.6 Å². The van der Waals surface area contributed by atoms with Crippen LogP contribution < -0.4 is 25.8 Å². The Morgan fingerprint density at radius 1 is 1.22 bits per heavy atom. The summed E-state index contributed by atoms with van der Waals surface area (Å²) in [7, 11) is -3.09. The quantitative estimate of drug-likeness (QED) is 0.0262.